The molecule has 0 nitrogen and oxygen atoms in total. The maximum absolute atomic E-state index is 3.89. The van der Waals surface area contributed by atoms with E-state index in [4.69, 9.17) is 0 Å². The maximum Gasteiger partial charge on any atom is -0.0395 e. The van der Waals surface area contributed by atoms with E-state index < -0.39 is 0 Å². The van der Waals surface area contributed by atoms with E-state index in [2.05, 4.69) is 45.2 Å². The summed E-state index contributed by atoms with van der Waals surface area (Å²) >= 11 is 0. The Hall–Kier alpha value is -1.30. The predicted octanol–water partition coefficient (Wildman–Crippen LogP) is 4.59. The van der Waals surface area contributed by atoms with E-state index in [1.54, 1.807) is 0 Å². The molecule has 0 saturated carbocycles. The highest BCUT2D eigenvalue weighted by atomic mass is 13.9. The van der Waals surface area contributed by atoms with E-state index >= 15 is 0 Å². The van der Waals surface area contributed by atoms with Crippen LogP contribution in [0.15, 0.2) is 59.8 Å². The van der Waals surface area contributed by atoms with Gasteiger partial charge in [-0.1, -0.05) is 54.2 Å². The van der Waals surface area contributed by atoms with Crippen molar-refractivity contribution in [1.29, 1.82) is 0 Å². The van der Waals surface area contributed by atoms with E-state index in [1.807, 2.05) is 19.9 Å². The minimum absolute atomic E-state index is 1.11. The van der Waals surface area contributed by atoms with Gasteiger partial charge in [-0.05, 0) is 33.3 Å². The molecule has 0 aliphatic rings. The van der Waals surface area contributed by atoms with Crippen LogP contribution in [0.3, 0.4) is 0 Å². The Balaban J connectivity index is 4.64. The molecule has 0 fully saturated rings. The second-order valence-corrected chi connectivity index (χ2v) is 3.63. The van der Waals surface area contributed by atoms with Gasteiger partial charge in [-0.3, -0.25) is 0 Å². The maximum atomic E-state index is 3.89. The first-order valence-electron chi connectivity index (χ1n) is 4.79. The zero-order chi connectivity index (χ0) is 11.1. The molecule has 0 aliphatic carbocycles. The molecule has 0 aromatic carbocycles. The van der Waals surface area contributed by atoms with Crippen molar-refractivity contribution in [3.8, 4) is 0 Å². The van der Waals surface area contributed by atoms with Crippen LogP contribution in [0.4, 0.5) is 0 Å². The van der Waals surface area contributed by atoms with Crippen molar-refractivity contribution in [2.45, 2.75) is 27.7 Å². The third kappa shape index (κ3) is 5.36. The Kier molecular flexibility index (Phi) is 5.62. The topological polar surface area (TPSA) is 0 Å². The van der Waals surface area contributed by atoms with Crippen LogP contribution < -0.4 is 0 Å². The van der Waals surface area contributed by atoms with Gasteiger partial charge in [-0.15, -0.1) is 0 Å². The van der Waals surface area contributed by atoms with Crippen molar-refractivity contribution >= 4 is 0 Å². The van der Waals surface area contributed by atoms with Gasteiger partial charge >= 0.3 is 0 Å². The van der Waals surface area contributed by atoms with Crippen LogP contribution in [0, 0.1) is 0 Å². The summed E-state index contributed by atoms with van der Waals surface area (Å²) in [6.45, 7) is 15.8. The second-order valence-electron chi connectivity index (χ2n) is 3.63. The van der Waals surface area contributed by atoms with Crippen LogP contribution in [0.25, 0.3) is 0 Å². The van der Waals surface area contributed by atoms with E-state index in [9.17, 15) is 0 Å². The molecule has 0 N–H and O–H groups in total. The zero-order valence-corrected chi connectivity index (χ0v) is 9.72. The molecular formula is C14H20. The molecule has 0 aromatic heterocycles. The van der Waals surface area contributed by atoms with Crippen LogP contribution in [-0.4, -0.2) is 0 Å². The van der Waals surface area contributed by atoms with E-state index in [0.29, 0.717) is 0 Å². The normalized spacial score (nSPS) is 14.1. The Bertz CT molecular complexity index is 309. The molecule has 0 atom stereocenters. The Labute approximate surface area is 88.0 Å². The highest BCUT2D eigenvalue weighted by Gasteiger charge is 1.89. The average molecular weight is 188 g/mol. The average Bonchev–Trinajstić information content (AvgIpc) is 2.13. The van der Waals surface area contributed by atoms with Gasteiger partial charge in [0.05, 0.1) is 0 Å². The van der Waals surface area contributed by atoms with Crippen LogP contribution in [0.5, 0.6) is 0 Å². The molecule has 76 valence electrons. The standard InChI is InChI=1S/C14H20/c1-7-12(4)8-9-13(5)10-14(6)11(2)3/h7-10H,1-2H2,3-6H3/b12-8-,13-9+,14-10-. The fourth-order valence-corrected chi connectivity index (χ4v) is 0.844. The fraction of sp³-hybridized carbons (Fsp3) is 0.286. The summed E-state index contributed by atoms with van der Waals surface area (Å²) in [6, 6.07) is 0. The molecule has 0 spiro atoms. The van der Waals surface area contributed by atoms with E-state index in [0.717, 1.165) is 5.57 Å². The van der Waals surface area contributed by atoms with E-state index in [1.165, 1.54) is 16.7 Å². The molecule has 0 heterocycles. The van der Waals surface area contributed by atoms with Crippen LogP contribution in [-0.2, 0) is 0 Å². The molecule has 0 saturated heterocycles. The molecule has 0 unspecified atom stereocenters. The summed E-state index contributed by atoms with van der Waals surface area (Å²) in [4.78, 5) is 0. The van der Waals surface area contributed by atoms with Gasteiger partial charge in [0, 0.05) is 0 Å². The van der Waals surface area contributed by atoms with Gasteiger partial charge in [0.2, 0.25) is 0 Å². The molecule has 0 aliphatic heterocycles. The zero-order valence-electron chi connectivity index (χ0n) is 9.72. The molecular weight excluding hydrogens is 168 g/mol. The lowest BCUT2D eigenvalue weighted by Crippen LogP contribution is -1.78. The third-order valence-electron chi connectivity index (χ3n) is 2.05. The lowest BCUT2D eigenvalue weighted by atomic mass is 10.1. The first-order chi connectivity index (χ1) is 6.47. The molecule has 0 rings (SSSR count). The molecule has 0 amide bonds. The quantitative estimate of drug-likeness (QED) is 0.566. The van der Waals surface area contributed by atoms with Crippen molar-refractivity contribution in [3.05, 3.63) is 59.8 Å². The number of hydrogen-bond donors (Lipinski definition) is 0. The Morgan fingerprint density at radius 2 is 1.43 bits per heavy atom. The number of hydrogen-bond acceptors (Lipinski definition) is 0. The fourth-order valence-electron chi connectivity index (χ4n) is 0.844. The highest BCUT2D eigenvalue weighted by molar-refractivity contribution is 5.34. The largest absolute Gasteiger partial charge is 0.0988 e. The molecule has 0 radical (unpaired) electrons. The van der Waals surface area contributed by atoms with Crippen LogP contribution in [0.2, 0.25) is 0 Å². The summed E-state index contributed by atoms with van der Waals surface area (Å²) in [7, 11) is 0. The van der Waals surface area contributed by atoms with Crippen molar-refractivity contribution in [2.24, 2.45) is 0 Å². The summed E-state index contributed by atoms with van der Waals surface area (Å²) in [5, 5.41) is 0. The summed E-state index contributed by atoms with van der Waals surface area (Å²) in [6.07, 6.45) is 8.13. The first-order valence-corrected chi connectivity index (χ1v) is 4.79. The molecule has 0 aromatic rings. The number of rotatable bonds is 4. The number of allylic oxidation sites excluding steroid dienone is 8. The molecule has 14 heavy (non-hydrogen) atoms. The second kappa shape index (κ2) is 6.20. The van der Waals surface area contributed by atoms with Crippen molar-refractivity contribution < 1.29 is 0 Å². The van der Waals surface area contributed by atoms with Gasteiger partial charge in [-0.2, -0.15) is 0 Å². The van der Waals surface area contributed by atoms with Gasteiger partial charge < -0.3 is 0 Å². The van der Waals surface area contributed by atoms with Crippen LogP contribution in [0.1, 0.15) is 27.7 Å². The van der Waals surface area contributed by atoms with Gasteiger partial charge in [0.25, 0.3) is 0 Å². The van der Waals surface area contributed by atoms with Gasteiger partial charge in [0.1, 0.15) is 0 Å². The summed E-state index contributed by atoms with van der Waals surface area (Å²) in [5.41, 5.74) is 4.74. The lowest BCUT2D eigenvalue weighted by Gasteiger charge is -1.98. The highest BCUT2D eigenvalue weighted by Crippen LogP contribution is 2.09. The molecule has 0 heteroatoms. The van der Waals surface area contributed by atoms with Gasteiger partial charge in [-0.25, -0.2) is 0 Å². The monoisotopic (exact) mass is 188 g/mol. The van der Waals surface area contributed by atoms with E-state index in [-0.39, 0.29) is 0 Å². The third-order valence-corrected chi connectivity index (χ3v) is 2.05. The predicted molar refractivity (Wildman–Crippen MR) is 66.3 cm³/mol. The minimum atomic E-state index is 1.11. The minimum Gasteiger partial charge on any atom is -0.0988 e. The first kappa shape index (κ1) is 12.7. The Morgan fingerprint density at radius 1 is 0.929 bits per heavy atom. The summed E-state index contributed by atoms with van der Waals surface area (Å²) < 4.78 is 0. The van der Waals surface area contributed by atoms with Crippen molar-refractivity contribution in [1.82, 2.24) is 0 Å². The molecule has 0 bridgehead atoms. The van der Waals surface area contributed by atoms with Crippen molar-refractivity contribution in [2.75, 3.05) is 0 Å². The van der Waals surface area contributed by atoms with Gasteiger partial charge in [0.15, 0.2) is 0 Å². The summed E-state index contributed by atoms with van der Waals surface area (Å²) in [5.74, 6) is 0. The van der Waals surface area contributed by atoms with Crippen molar-refractivity contribution in [3.63, 3.8) is 0 Å². The smallest absolute Gasteiger partial charge is 0.0395 e. The Morgan fingerprint density at radius 3 is 1.86 bits per heavy atom. The SMILES string of the molecule is C=C\C(C)=C/C=C(C)/C=C(/C)C(=C)C. The lowest BCUT2D eigenvalue weighted by molar-refractivity contribution is 1.33. The van der Waals surface area contributed by atoms with Crippen LogP contribution >= 0.6 is 0 Å².